The van der Waals surface area contributed by atoms with Crippen molar-refractivity contribution in [2.24, 2.45) is 0 Å². The zero-order chi connectivity index (χ0) is 16.6. The fraction of sp³-hybridized carbons (Fsp3) is 0.333. The maximum absolute atomic E-state index is 12.9. The summed E-state index contributed by atoms with van der Waals surface area (Å²) in [4.78, 5) is 18.0. The summed E-state index contributed by atoms with van der Waals surface area (Å²) in [6, 6.07) is 3.94. The summed E-state index contributed by atoms with van der Waals surface area (Å²) in [6.07, 6.45) is -3.74. The lowest BCUT2D eigenvalue weighted by atomic mass is 10.1. The van der Waals surface area contributed by atoms with Crippen LogP contribution in [0.3, 0.4) is 0 Å². The van der Waals surface area contributed by atoms with Gasteiger partial charge in [0.15, 0.2) is 0 Å². The van der Waals surface area contributed by atoms with Gasteiger partial charge in [-0.3, -0.25) is 4.79 Å². The zero-order valence-corrected chi connectivity index (χ0v) is 12.9. The Kier molecular flexibility index (Phi) is 4.01. The van der Waals surface area contributed by atoms with Gasteiger partial charge in [0.2, 0.25) is 5.88 Å². The lowest BCUT2D eigenvalue weighted by Gasteiger charge is -2.38. The Bertz CT molecular complexity index is 724. The van der Waals surface area contributed by atoms with Crippen molar-refractivity contribution >= 4 is 17.2 Å². The van der Waals surface area contributed by atoms with Crippen molar-refractivity contribution in [3.8, 4) is 5.88 Å². The fourth-order valence-electron chi connectivity index (χ4n) is 2.24. The highest BCUT2D eigenvalue weighted by atomic mass is 32.1. The molecule has 0 saturated carbocycles. The maximum Gasteiger partial charge on any atom is 0.421 e. The summed E-state index contributed by atoms with van der Waals surface area (Å²) in [5, 5.41) is 1.88. The average Bonchev–Trinajstić information content (AvgIpc) is 2.88. The molecule has 0 unspecified atom stereocenters. The van der Waals surface area contributed by atoms with Crippen LogP contribution in [0.15, 0.2) is 29.8 Å². The van der Waals surface area contributed by atoms with Gasteiger partial charge in [-0.1, -0.05) is 0 Å². The Morgan fingerprint density at radius 2 is 2.17 bits per heavy atom. The minimum atomic E-state index is -4.52. The number of hydrogen-bond donors (Lipinski definition) is 0. The smallest absolute Gasteiger partial charge is 0.421 e. The van der Waals surface area contributed by atoms with Gasteiger partial charge >= 0.3 is 6.18 Å². The van der Waals surface area contributed by atoms with E-state index in [-0.39, 0.29) is 19.0 Å². The second-order valence-corrected chi connectivity index (χ2v) is 6.20. The number of rotatable bonds is 3. The molecule has 23 heavy (non-hydrogen) atoms. The molecule has 2 aromatic rings. The second kappa shape index (κ2) is 5.84. The molecular weight excluding hydrogens is 329 g/mol. The molecule has 0 spiro atoms. The van der Waals surface area contributed by atoms with Crippen LogP contribution in [0.1, 0.15) is 20.8 Å². The Hall–Kier alpha value is -2.09. The van der Waals surface area contributed by atoms with E-state index in [2.05, 4.69) is 4.98 Å². The molecule has 1 aliphatic rings. The fourth-order valence-corrected chi connectivity index (χ4v) is 3.10. The van der Waals surface area contributed by atoms with Crippen LogP contribution >= 0.6 is 11.3 Å². The highest BCUT2D eigenvalue weighted by molar-refractivity contribution is 7.12. The first-order chi connectivity index (χ1) is 10.8. The van der Waals surface area contributed by atoms with E-state index in [0.717, 1.165) is 11.6 Å². The molecular formula is C15H13F3N2O2S. The van der Waals surface area contributed by atoms with Gasteiger partial charge in [-0.25, -0.2) is 4.98 Å². The Morgan fingerprint density at radius 3 is 2.78 bits per heavy atom. The molecule has 0 aliphatic carbocycles. The number of aromatic nitrogens is 1. The summed E-state index contributed by atoms with van der Waals surface area (Å²) >= 11 is 1.35. The molecule has 1 fully saturated rings. The van der Waals surface area contributed by atoms with Crippen LogP contribution in [0.2, 0.25) is 0 Å². The van der Waals surface area contributed by atoms with Gasteiger partial charge < -0.3 is 9.64 Å². The van der Waals surface area contributed by atoms with E-state index in [1.807, 2.05) is 12.3 Å². The van der Waals surface area contributed by atoms with Crippen LogP contribution in [0.5, 0.6) is 5.88 Å². The van der Waals surface area contributed by atoms with Crippen molar-refractivity contribution in [1.29, 1.82) is 0 Å². The summed E-state index contributed by atoms with van der Waals surface area (Å²) in [5.74, 6) is -0.566. The van der Waals surface area contributed by atoms with E-state index >= 15 is 0 Å². The van der Waals surface area contributed by atoms with Crippen LogP contribution in [0, 0.1) is 6.92 Å². The molecule has 1 aliphatic heterocycles. The molecule has 1 saturated heterocycles. The summed E-state index contributed by atoms with van der Waals surface area (Å²) in [5.41, 5.74) is 0.105. The van der Waals surface area contributed by atoms with Gasteiger partial charge in [0.25, 0.3) is 5.91 Å². The minimum Gasteiger partial charge on any atom is -0.470 e. The standard InChI is InChI=1S/C15H13F3N2O2S/c1-9-5-12(23-8-9)14(21)20-6-10(7-20)22-13-11(15(16,17)18)3-2-4-19-13/h2-5,8,10H,6-7H2,1H3. The molecule has 3 heterocycles. The van der Waals surface area contributed by atoms with Crippen molar-refractivity contribution in [3.05, 3.63) is 45.8 Å². The molecule has 0 radical (unpaired) electrons. The van der Waals surface area contributed by atoms with Crippen molar-refractivity contribution in [1.82, 2.24) is 9.88 Å². The number of aryl methyl sites for hydroxylation is 1. The molecule has 3 rings (SSSR count). The molecule has 0 N–H and O–H groups in total. The molecule has 1 amide bonds. The van der Waals surface area contributed by atoms with Crippen molar-refractivity contribution < 1.29 is 22.7 Å². The largest absolute Gasteiger partial charge is 0.470 e. The first-order valence-electron chi connectivity index (χ1n) is 6.88. The normalized spacial score (nSPS) is 15.4. The van der Waals surface area contributed by atoms with Crippen molar-refractivity contribution in [3.63, 3.8) is 0 Å². The summed E-state index contributed by atoms with van der Waals surface area (Å²) in [6.45, 7) is 2.41. The lowest BCUT2D eigenvalue weighted by Crippen LogP contribution is -2.56. The number of nitrogens with zero attached hydrogens (tertiary/aromatic N) is 2. The van der Waals surface area contributed by atoms with E-state index in [4.69, 9.17) is 4.74 Å². The number of hydrogen-bond acceptors (Lipinski definition) is 4. The first kappa shape index (κ1) is 15.8. The van der Waals surface area contributed by atoms with E-state index < -0.39 is 23.7 Å². The van der Waals surface area contributed by atoms with Crippen LogP contribution < -0.4 is 4.74 Å². The monoisotopic (exact) mass is 342 g/mol. The highest BCUT2D eigenvalue weighted by Crippen LogP contribution is 2.35. The molecule has 0 atom stereocenters. The predicted molar refractivity (Wildman–Crippen MR) is 78.6 cm³/mol. The van der Waals surface area contributed by atoms with Crippen LogP contribution in [0.4, 0.5) is 13.2 Å². The third-order valence-corrected chi connectivity index (χ3v) is 4.47. The second-order valence-electron chi connectivity index (χ2n) is 5.29. The molecule has 0 aromatic carbocycles. The van der Waals surface area contributed by atoms with Gasteiger partial charge in [-0.2, -0.15) is 13.2 Å². The third kappa shape index (κ3) is 3.31. The van der Waals surface area contributed by atoms with Gasteiger partial charge in [0.1, 0.15) is 11.7 Å². The number of likely N-dealkylation sites (tertiary alicyclic amines) is 1. The quantitative estimate of drug-likeness (QED) is 0.859. The zero-order valence-electron chi connectivity index (χ0n) is 12.1. The lowest BCUT2D eigenvalue weighted by molar-refractivity contribution is -0.140. The van der Waals surface area contributed by atoms with Gasteiger partial charge in [0.05, 0.1) is 18.0 Å². The summed E-state index contributed by atoms with van der Waals surface area (Å²) in [7, 11) is 0. The predicted octanol–water partition coefficient (Wildman–Crippen LogP) is 3.37. The Morgan fingerprint density at radius 1 is 1.43 bits per heavy atom. The van der Waals surface area contributed by atoms with Crippen LogP contribution in [-0.2, 0) is 6.18 Å². The topological polar surface area (TPSA) is 42.4 Å². The third-order valence-electron chi connectivity index (χ3n) is 3.43. The highest BCUT2D eigenvalue weighted by Gasteiger charge is 2.38. The maximum atomic E-state index is 12.9. The Balaban J connectivity index is 1.62. The SMILES string of the molecule is Cc1csc(C(=O)N2CC(Oc3ncccc3C(F)(F)F)C2)c1. The van der Waals surface area contributed by atoms with Gasteiger partial charge in [0, 0.05) is 6.20 Å². The van der Waals surface area contributed by atoms with Crippen LogP contribution in [-0.4, -0.2) is 35.0 Å². The van der Waals surface area contributed by atoms with E-state index in [1.54, 1.807) is 11.0 Å². The number of halogens is 3. The summed E-state index contributed by atoms with van der Waals surface area (Å²) < 4.78 is 43.9. The number of thiophene rings is 1. The van der Waals surface area contributed by atoms with E-state index in [1.165, 1.54) is 23.6 Å². The first-order valence-corrected chi connectivity index (χ1v) is 7.76. The number of amides is 1. The van der Waals surface area contributed by atoms with Gasteiger partial charge in [-0.15, -0.1) is 11.3 Å². The number of ether oxygens (including phenoxy) is 1. The number of carbonyl (C=O) groups is 1. The van der Waals surface area contributed by atoms with E-state index in [9.17, 15) is 18.0 Å². The van der Waals surface area contributed by atoms with E-state index in [0.29, 0.717) is 4.88 Å². The number of pyridine rings is 1. The average molecular weight is 342 g/mol. The number of alkyl halides is 3. The van der Waals surface area contributed by atoms with Crippen molar-refractivity contribution in [2.75, 3.05) is 13.1 Å². The van der Waals surface area contributed by atoms with Crippen LogP contribution in [0.25, 0.3) is 0 Å². The molecule has 122 valence electrons. The molecule has 8 heteroatoms. The minimum absolute atomic E-state index is 0.125. The van der Waals surface area contributed by atoms with Crippen molar-refractivity contribution in [2.45, 2.75) is 19.2 Å². The molecule has 0 bridgehead atoms. The molecule has 2 aromatic heterocycles. The molecule has 4 nitrogen and oxygen atoms in total. The van der Waals surface area contributed by atoms with Gasteiger partial charge in [-0.05, 0) is 36.1 Å². The number of carbonyl (C=O) groups excluding carboxylic acids is 1. The Labute approximate surface area is 134 Å².